The number of H-pyrrole nitrogens is 1. The number of benzene rings is 2. The van der Waals surface area contributed by atoms with Crippen molar-refractivity contribution in [2.75, 3.05) is 7.11 Å². The van der Waals surface area contributed by atoms with Gasteiger partial charge in [0.05, 0.1) is 37.3 Å². The monoisotopic (exact) mass is 549 g/mol. The number of carbonyl (C=O) groups excluding carboxylic acids is 1. The molecule has 0 fully saturated rings. The molecule has 2 N–H and O–H groups in total. The molecule has 12 heteroatoms. The maximum atomic E-state index is 12.0. The van der Waals surface area contributed by atoms with Gasteiger partial charge in [-0.3, -0.25) is 9.67 Å². The predicted octanol–water partition coefficient (Wildman–Crippen LogP) is 5.47. The third-order valence-corrected chi connectivity index (χ3v) is 5.63. The first-order valence-electron chi connectivity index (χ1n) is 11.7. The number of carboxylic acid groups (broad SMARTS) is 1. The standard InChI is InChI=1S/C26H21N5O2.C2HF3O2/c1-33-26(32)22-10-6-5-9-20(22)16-31-17-21(14-29-31)19-11-12-27-23(13-19)25-28-15-24(30-25)18-7-3-2-4-8-18;3-2(4,5)1(6)7/h2-15,17H,16H2,1H3,(H,28,30);(H,6,7). The van der Waals surface area contributed by atoms with Crippen molar-refractivity contribution in [3.8, 4) is 33.9 Å². The summed E-state index contributed by atoms with van der Waals surface area (Å²) in [4.78, 5) is 33.3. The normalized spacial score (nSPS) is 10.9. The average Bonchev–Trinajstić information content (AvgIpc) is 3.64. The van der Waals surface area contributed by atoms with Crippen molar-refractivity contribution >= 4 is 11.9 Å². The van der Waals surface area contributed by atoms with Gasteiger partial charge in [0.2, 0.25) is 0 Å². The SMILES string of the molecule is COC(=O)c1ccccc1Cn1cc(-c2ccnc(-c3ncc(-c4ccccc4)[nH]3)c2)cn1.O=C(O)C(F)(F)F. The number of ether oxygens (including phenoxy) is 1. The van der Waals surface area contributed by atoms with E-state index in [4.69, 9.17) is 14.6 Å². The van der Waals surface area contributed by atoms with Crippen molar-refractivity contribution in [3.63, 3.8) is 0 Å². The van der Waals surface area contributed by atoms with E-state index in [1.165, 1.54) is 7.11 Å². The topological polar surface area (TPSA) is 123 Å². The number of carbonyl (C=O) groups is 2. The zero-order valence-corrected chi connectivity index (χ0v) is 21.0. The Morgan fingerprint density at radius 2 is 1.65 bits per heavy atom. The van der Waals surface area contributed by atoms with Gasteiger partial charge in [-0.05, 0) is 34.9 Å². The molecule has 0 aliphatic rings. The molecule has 40 heavy (non-hydrogen) atoms. The summed E-state index contributed by atoms with van der Waals surface area (Å²) < 4.78 is 38.4. The second-order valence-electron chi connectivity index (χ2n) is 8.32. The average molecular weight is 550 g/mol. The molecule has 0 amide bonds. The van der Waals surface area contributed by atoms with Crippen LogP contribution in [-0.4, -0.2) is 55.1 Å². The van der Waals surface area contributed by atoms with E-state index >= 15 is 0 Å². The van der Waals surface area contributed by atoms with Crippen LogP contribution in [0.15, 0.2) is 91.5 Å². The van der Waals surface area contributed by atoms with Crippen molar-refractivity contribution in [2.24, 2.45) is 0 Å². The first-order chi connectivity index (χ1) is 19.2. The number of aliphatic carboxylic acids is 1. The molecule has 2 aromatic carbocycles. The van der Waals surface area contributed by atoms with Crippen LogP contribution in [0.25, 0.3) is 33.9 Å². The number of pyridine rings is 1. The van der Waals surface area contributed by atoms with Crippen LogP contribution in [0.4, 0.5) is 13.2 Å². The molecule has 3 heterocycles. The lowest BCUT2D eigenvalue weighted by Crippen LogP contribution is -2.21. The van der Waals surface area contributed by atoms with E-state index in [0.717, 1.165) is 33.6 Å². The highest BCUT2D eigenvalue weighted by Crippen LogP contribution is 2.25. The highest BCUT2D eigenvalue weighted by molar-refractivity contribution is 5.91. The van der Waals surface area contributed by atoms with Gasteiger partial charge in [-0.1, -0.05) is 48.5 Å². The van der Waals surface area contributed by atoms with E-state index in [9.17, 15) is 18.0 Å². The number of hydrogen-bond acceptors (Lipinski definition) is 6. The highest BCUT2D eigenvalue weighted by Gasteiger charge is 2.38. The Morgan fingerprint density at radius 1 is 0.950 bits per heavy atom. The highest BCUT2D eigenvalue weighted by atomic mass is 19.4. The molecule has 0 saturated carbocycles. The second-order valence-corrected chi connectivity index (χ2v) is 8.32. The lowest BCUT2D eigenvalue weighted by Gasteiger charge is -2.07. The van der Waals surface area contributed by atoms with E-state index in [-0.39, 0.29) is 5.97 Å². The summed E-state index contributed by atoms with van der Waals surface area (Å²) in [5.41, 5.74) is 6.07. The molecule has 0 aliphatic heterocycles. The fraction of sp³-hybridized carbons (Fsp3) is 0.107. The lowest BCUT2D eigenvalue weighted by atomic mass is 10.1. The Morgan fingerprint density at radius 3 is 2.35 bits per heavy atom. The molecule has 3 aromatic heterocycles. The van der Waals surface area contributed by atoms with Gasteiger partial charge in [0.25, 0.3) is 0 Å². The number of halogens is 3. The largest absolute Gasteiger partial charge is 0.490 e. The number of nitrogens with one attached hydrogen (secondary N) is 1. The van der Waals surface area contributed by atoms with Crippen LogP contribution in [-0.2, 0) is 16.1 Å². The molecule has 204 valence electrons. The van der Waals surface area contributed by atoms with E-state index in [0.29, 0.717) is 17.9 Å². The maximum Gasteiger partial charge on any atom is 0.490 e. The number of alkyl halides is 3. The number of aromatic nitrogens is 5. The number of imidazole rings is 1. The van der Waals surface area contributed by atoms with Crippen molar-refractivity contribution in [2.45, 2.75) is 12.7 Å². The molecule has 0 aliphatic carbocycles. The van der Waals surface area contributed by atoms with E-state index in [1.54, 1.807) is 23.1 Å². The van der Waals surface area contributed by atoms with Crippen molar-refractivity contribution in [3.05, 3.63) is 103 Å². The van der Waals surface area contributed by atoms with Crippen LogP contribution < -0.4 is 0 Å². The summed E-state index contributed by atoms with van der Waals surface area (Å²) in [6, 6.07) is 21.3. The minimum absolute atomic E-state index is 0.356. The lowest BCUT2D eigenvalue weighted by molar-refractivity contribution is -0.192. The van der Waals surface area contributed by atoms with Crippen LogP contribution in [0.1, 0.15) is 15.9 Å². The smallest absolute Gasteiger partial charge is 0.475 e. The maximum absolute atomic E-state index is 12.0. The molecular formula is C28H22F3N5O4. The fourth-order valence-corrected chi connectivity index (χ4v) is 3.70. The van der Waals surface area contributed by atoms with Crippen LogP contribution in [0.5, 0.6) is 0 Å². The molecular weight excluding hydrogens is 527 g/mol. The van der Waals surface area contributed by atoms with Gasteiger partial charge in [-0.15, -0.1) is 0 Å². The quantitative estimate of drug-likeness (QED) is 0.269. The van der Waals surface area contributed by atoms with E-state index in [2.05, 4.69) is 20.1 Å². The minimum atomic E-state index is -5.08. The Balaban J connectivity index is 0.000000470. The van der Waals surface area contributed by atoms with Gasteiger partial charge >= 0.3 is 18.1 Å². The number of carboxylic acids is 1. The van der Waals surface area contributed by atoms with Gasteiger partial charge < -0.3 is 14.8 Å². The summed E-state index contributed by atoms with van der Waals surface area (Å²) in [6.07, 6.45) is 2.25. The minimum Gasteiger partial charge on any atom is -0.475 e. The van der Waals surface area contributed by atoms with Crippen LogP contribution in [0.2, 0.25) is 0 Å². The van der Waals surface area contributed by atoms with Gasteiger partial charge in [0.15, 0.2) is 5.82 Å². The number of rotatable bonds is 6. The molecule has 5 rings (SSSR count). The Kier molecular flexibility index (Phi) is 8.38. The summed E-state index contributed by atoms with van der Waals surface area (Å²) in [7, 11) is 1.38. The van der Waals surface area contributed by atoms with E-state index in [1.807, 2.05) is 73.1 Å². The summed E-state index contributed by atoms with van der Waals surface area (Å²) in [6.45, 7) is 0.460. The molecule has 5 aromatic rings. The predicted molar refractivity (Wildman–Crippen MR) is 139 cm³/mol. The van der Waals surface area contributed by atoms with Gasteiger partial charge in [0.1, 0.15) is 5.69 Å². The first-order valence-corrected chi connectivity index (χ1v) is 11.7. The Hall–Kier alpha value is -5.26. The number of nitrogens with zero attached hydrogens (tertiary/aromatic N) is 4. The second kappa shape index (κ2) is 12.1. The van der Waals surface area contributed by atoms with Crippen molar-refractivity contribution < 1.29 is 32.6 Å². The van der Waals surface area contributed by atoms with E-state index < -0.39 is 12.1 Å². The van der Waals surface area contributed by atoms with Gasteiger partial charge in [-0.25, -0.2) is 14.6 Å². The first kappa shape index (κ1) is 27.8. The molecule has 9 nitrogen and oxygen atoms in total. The third kappa shape index (κ3) is 6.78. The van der Waals surface area contributed by atoms with Crippen LogP contribution in [0.3, 0.4) is 0 Å². The zero-order chi connectivity index (χ0) is 28.7. The number of hydrogen-bond donors (Lipinski definition) is 2. The van der Waals surface area contributed by atoms with Crippen LogP contribution in [0, 0.1) is 0 Å². The Bertz CT molecular complexity index is 1610. The van der Waals surface area contributed by atoms with Gasteiger partial charge in [0, 0.05) is 18.0 Å². The molecule has 0 atom stereocenters. The molecule has 0 spiro atoms. The van der Waals surface area contributed by atoms with Gasteiger partial charge in [-0.2, -0.15) is 18.3 Å². The summed E-state index contributed by atoms with van der Waals surface area (Å²) in [5.74, 6) is -2.41. The molecule has 0 radical (unpaired) electrons. The number of esters is 1. The fourth-order valence-electron chi connectivity index (χ4n) is 3.70. The number of methoxy groups -OCH3 is 1. The van der Waals surface area contributed by atoms with Crippen molar-refractivity contribution in [1.29, 1.82) is 0 Å². The summed E-state index contributed by atoms with van der Waals surface area (Å²) >= 11 is 0. The zero-order valence-electron chi connectivity index (χ0n) is 21.0. The Labute approximate surface area is 225 Å². The number of aromatic amines is 1. The molecule has 0 saturated heterocycles. The molecule has 0 unspecified atom stereocenters. The third-order valence-electron chi connectivity index (χ3n) is 5.63. The van der Waals surface area contributed by atoms with Crippen LogP contribution >= 0.6 is 0 Å². The summed E-state index contributed by atoms with van der Waals surface area (Å²) in [5, 5.41) is 11.6. The molecule has 0 bridgehead atoms. The van der Waals surface area contributed by atoms with Crippen molar-refractivity contribution in [1.82, 2.24) is 24.7 Å².